The van der Waals surface area contributed by atoms with E-state index in [4.69, 9.17) is 15.2 Å². The molecule has 0 radical (unpaired) electrons. The molecule has 1 aromatic rings. The van der Waals surface area contributed by atoms with Gasteiger partial charge >= 0.3 is 0 Å². The van der Waals surface area contributed by atoms with E-state index in [0.29, 0.717) is 34.7 Å². The maximum Gasteiger partial charge on any atom is 0.173 e. The number of ether oxygens (including phenoxy) is 2. The van der Waals surface area contributed by atoms with Gasteiger partial charge in [-0.05, 0) is 41.3 Å². The van der Waals surface area contributed by atoms with Crippen molar-refractivity contribution >= 4 is 22.2 Å². The Labute approximate surface area is 114 Å². The SMILES string of the molecule is NC1(c2cc(Br)c(C=O)c3c2OCCO3)CCC1. The van der Waals surface area contributed by atoms with Gasteiger partial charge in [0.25, 0.3) is 0 Å². The van der Waals surface area contributed by atoms with E-state index in [-0.39, 0.29) is 5.54 Å². The Hall–Kier alpha value is -1.07. The Balaban J connectivity index is 2.20. The van der Waals surface area contributed by atoms with Gasteiger partial charge in [0.15, 0.2) is 17.8 Å². The fourth-order valence-corrected chi connectivity index (χ4v) is 3.01. The van der Waals surface area contributed by atoms with Crippen LogP contribution >= 0.6 is 15.9 Å². The molecule has 1 heterocycles. The number of benzene rings is 1. The molecule has 0 saturated heterocycles. The molecule has 0 atom stereocenters. The molecule has 1 aliphatic carbocycles. The van der Waals surface area contributed by atoms with Crippen LogP contribution in [0.3, 0.4) is 0 Å². The predicted octanol–water partition coefficient (Wildman–Crippen LogP) is 2.37. The van der Waals surface area contributed by atoms with Crippen molar-refractivity contribution in [3.05, 3.63) is 21.7 Å². The highest BCUT2D eigenvalue weighted by atomic mass is 79.9. The first kappa shape index (κ1) is 12.0. The minimum atomic E-state index is -0.339. The van der Waals surface area contributed by atoms with Gasteiger partial charge in [-0.15, -0.1) is 0 Å². The Morgan fingerprint density at radius 3 is 2.50 bits per heavy atom. The van der Waals surface area contributed by atoms with E-state index >= 15 is 0 Å². The minimum absolute atomic E-state index is 0.339. The molecular weight excluding hydrogens is 298 g/mol. The average Bonchev–Trinajstić information content (AvgIpc) is 2.35. The first-order valence-electron chi connectivity index (χ1n) is 6.02. The molecule has 1 aliphatic heterocycles. The van der Waals surface area contributed by atoms with Gasteiger partial charge in [-0.2, -0.15) is 0 Å². The van der Waals surface area contributed by atoms with Gasteiger partial charge in [0.1, 0.15) is 13.2 Å². The van der Waals surface area contributed by atoms with Crippen LogP contribution in [0.4, 0.5) is 0 Å². The van der Waals surface area contributed by atoms with Gasteiger partial charge in [0, 0.05) is 15.6 Å². The van der Waals surface area contributed by atoms with Crippen molar-refractivity contribution in [1.29, 1.82) is 0 Å². The summed E-state index contributed by atoms with van der Waals surface area (Å²) in [7, 11) is 0. The number of fused-ring (bicyclic) bond motifs is 1. The Morgan fingerprint density at radius 2 is 1.94 bits per heavy atom. The second-order valence-corrected chi connectivity index (χ2v) is 5.66. The van der Waals surface area contributed by atoms with Crippen LogP contribution in [0.25, 0.3) is 0 Å². The summed E-state index contributed by atoms with van der Waals surface area (Å²) in [5.74, 6) is 1.17. The van der Waals surface area contributed by atoms with Crippen molar-refractivity contribution in [3.63, 3.8) is 0 Å². The number of rotatable bonds is 2. The molecule has 0 unspecified atom stereocenters. The van der Waals surface area contributed by atoms with Crippen LogP contribution in [-0.2, 0) is 5.54 Å². The fourth-order valence-electron chi connectivity index (χ4n) is 2.50. The molecule has 1 saturated carbocycles. The molecule has 1 aromatic carbocycles. The summed E-state index contributed by atoms with van der Waals surface area (Å²) in [6.07, 6.45) is 3.79. The van der Waals surface area contributed by atoms with Crippen LogP contribution < -0.4 is 15.2 Å². The van der Waals surface area contributed by atoms with Crippen molar-refractivity contribution in [2.24, 2.45) is 5.73 Å². The van der Waals surface area contributed by atoms with Crippen molar-refractivity contribution in [1.82, 2.24) is 0 Å². The van der Waals surface area contributed by atoms with Crippen molar-refractivity contribution in [3.8, 4) is 11.5 Å². The van der Waals surface area contributed by atoms with E-state index in [9.17, 15) is 4.79 Å². The first-order chi connectivity index (χ1) is 8.65. The monoisotopic (exact) mass is 311 g/mol. The molecule has 3 rings (SSSR count). The number of carbonyl (C=O) groups excluding carboxylic acids is 1. The zero-order valence-electron chi connectivity index (χ0n) is 9.87. The van der Waals surface area contributed by atoms with Gasteiger partial charge in [-0.3, -0.25) is 4.79 Å². The number of hydrogen-bond donors (Lipinski definition) is 1. The predicted molar refractivity (Wildman–Crippen MR) is 70.2 cm³/mol. The summed E-state index contributed by atoms with van der Waals surface area (Å²) in [6.45, 7) is 0.956. The van der Waals surface area contributed by atoms with E-state index in [1.807, 2.05) is 6.07 Å². The lowest BCUT2D eigenvalue weighted by molar-refractivity contribution is 0.110. The Kier molecular flexibility index (Phi) is 2.83. The summed E-state index contributed by atoms with van der Waals surface area (Å²) >= 11 is 3.41. The molecule has 18 heavy (non-hydrogen) atoms. The van der Waals surface area contributed by atoms with Gasteiger partial charge in [0.05, 0.1) is 5.56 Å². The normalized spacial score (nSPS) is 20.1. The summed E-state index contributed by atoms with van der Waals surface area (Å²) in [6, 6.07) is 1.90. The van der Waals surface area contributed by atoms with E-state index in [0.717, 1.165) is 31.1 Å². The van der Waals surface area contributed by atoms with E-state index in [1.54, 1.807) is 0 Å². The number of nitrogens with two attached hydrogens (primary N) is 1. The van der Waals surface area contributed by atoms with E-state index in [2.05, 4.69) is 15.9 Å². The third-order valence-corrected chi connectivity index (χ3v) is 4.36. The quantitative estimate of drug-likeness (QED) is 0.852. The van der Waals surface area contributed by atoms with Crippen LogP contribution in [0, 0.1) is 0 Å². The third kappa shape index (κ3) is 1.65. The number of aldehydes is 1. The highest BCUT2D eigenvalue weighted by Gasteiger charge is 2.39. The van der Waals surface area contributed by atoms with Crippen molar-refractivity contribution in [2.45, 2.75) is 24.8 Å². The second kappa shape index (κ2) is 4.24. The largest absolute Gasteiger partial charge is 0.486 e. The van der Waals surface area contributed by atoms with Crippen molar-refractivity contribution in [2.75, 3.05) is 13.2 Å². The molecule has 4 nitrogen and oxygen atoms in total. The Bertz CT molecular complexity index is 511. The van der Waals surface area contributed by atoms with Crippen LogP contribution in [0.2, 0.25) is 0 Å². The maximum atomic E-state index is 11.1. The standard InChI is InChI=1S/C13H14BrNO3/c14-10-6-9(13(15)2-1-3-13)12-11(8(10)7-16)17-4-5-18-12/h6-7H,1-5,15H2. The van der Waals surface area contributed by atoms with Gasteiger partial charge in [-0.25, -0.2) is 0 Å². The zero-order chi connectivity index (χ0) is 12.8. The highest BCUT2D eigenvalue weighted by molar-refractivity contribution is 9.10. The Morgan fingerprint density at radius 1 is 1.28 bits per heavy atom. The lowest BCUT2D eigenvalue weighted by Gasteiger charge is -2.40. The number of carbonyl (C=O) groups is 1. The summed E-state index contributed by atoms with van der Waals surface area (Å²) in [5.41, 5.74) is 7.47. The maximum absolute atomic E-state index is 11.1. The number of halogens is 1. The number of hydrogen-bond acceptors (Lipinski definition) is 4. The second-order valence-electron chi connectivity index (χ2n) is 4.80. The van der Waals surface area contributed by atoms with Crippen LogP contribution in [0.1, 0.15) is 35.2 Å². The molecule has 0 spiro atoms. The summed E-state index contributed by atoms with van der Waals surface area (Å²) < 4.78 is 12.0. The van der Waals surface area contributed by atoms with Crippen LogP contribution in [0.15, 0.2) is 10.5 Å². The molecule has 2 aliphatic rings. The topological polar surface area (TPSA) is 61.6 Å². The summed E-state index contributed by atoms with van der Waals surface area (Å²) in [5, 5.41) is 0. The van der Waals surface area contributed by atoms with E-state index in [1.165, 1.54) is 0 Å². The smallest absolute Gasteiger partial charge is 0.173 e. The van der Waals surface area contributed by atoms with Gasteiger partial charge in [0.2, 0.25) is 0 Å². The molecule has 1 fully saturated rings. The molecule has 5 heteroatoms. The third-order valence-electron chi connectivity index (χ3n) is 3.70. The lowest BCUT2D eigenvalue weighted by atomic mass is 9.72. The lowest BCUT2D eigenvalue weighted by Crippen LogP contribution is -2.44. The first-order valence-corrected chi connectivity index (χ1v) is 6.82. The average molecular weight is 312 g/mol. The fraction of sp³-hybridized carbons (Fsp3) is 0.462. The van der Waals surface area contributed by atoms with Crippen LogP contribution in [0.5, 0.6) is 11.5 Å². The zero-order valence-corrected chi connectivity index (χ0v) is 11.5. The van der Waals surface area contributed by atoms with Gasteiger partial charge < -0.3 is 15.2 Å². The molecule has 0 bridgehead atoms. The van der Waals surface area contributed by atoms with Gasteiger partial charge in [-0.1, -0.05) is 0 Å². The minimum Gasteiger partial charge on any atom is -0.486 e. The van der Waals surface area contributed by atoms with Crippen molar-refractivity contribution < 1.29 is 14.3 Å². The van der Waals surface area contributed by atoms with E-state index < -0.39 is 0 Å². The summed E-state index contributed by atoms with van der Waals surface area (Å²) in [4.78, 5) is 11.1. The highest BCUT2D eigenvalue weighted by Crippen LogP contribution is 2.49. The molecule has 0 aromatic heterocycles. The van der Waals surface area contributed by atoms with Crippen LogP contribution in [-0.4, -0.2) is 19.5 Å². The molecular formula is C13H14BrNO3. The molecule has 0 amide bonds. The molecule has 2 N–H and O–H groups in total. The molecule has 96 valence electrons.